The first-order valence-corrected chi connectivity index (χ1v) is 9.53. The Kier molecular flexibility index (Phi) is 5.27. The lowest BCUT2D eigenvalue weighted by molar-refractivity contribution is -0.115. The molecule has 2 aromatic carbocycles. The number of anilines is 1. The Balaban J connectivity index is 1.46. The van der Waals surface area contributed by atoms with Gasteiger partial charge in [-0.15, -0.1) is 0 Å². The summed E-state index contributed by atoms with van der Waals surface area (Å²) in [6.07, 6.45) is 0. The zero-order valence-electron chi connectivity index (χ0n) is 16.5. The largest absolute Gasteiger partial charge is 0.494 e. The number of carbonyl (C=O) groups excluding carboxylic acids is 2. The number of rotatable bonds is 6. The highest BCUT2D eigenvalue weighted by Crippen LogP contribution is 2.21. The van der Waals surface area contributed by atoms with Gasteiger partial charge in [0.15, 0.2) is 0 Å². The van der Waals surface area contributed by atoms with E-state index in [4.69, 9.17) is 4.74 Å². The van der Waals surface area contributed by atoms with E-state index in [1.54, 1.807) is 18.2 Å². The Hall–Kier alpha value is -4.34. The molecule has 158 valence electrons. The predicted octanol–water partition coefficient (Wildman–Crippen LogP) is 1.46. The van der Waals surface area contributed by atoms with E-state index in [-0.39, 0.29) is 23.0 Å². The third-order valence-corrected chi connectivity index (χ3v) is 4.66. The molecule has 2 heterocycles. The summed E-state index contributed by atoms with van der Waals surface area (Å²) in [5, 5.41) is 10.6. The van der Waals surface area contributed by atoms with Crippen LogP contribution in [0.15, 0.2) is 52.1 Å². The molecule has 2 aromatic heterocycles. The van der Waals surface area contributed by atoms with Crippen LogP contribution in [0.3, 0.4) is 0 Å². The second-order valence-corrected chi connectivity index (χ2v) is 6.73. The molecule has 10 heteroatoms. The fourth-order valence-corrected chi connectivity index (χ4v) is 3.27. The van der Waals surface area contributed by atoms with Gasteiger partial charge in [-0.1, -0.05) is 6.07 Å². The third kappa shape index (κ3) is 4.04. The second-order valence-electron chi connectivity index (χ2n) is 6.73. The molecule has 0 saturated carbocycles. The van der Waals surface area contributed by atoms with Crippen molar-refractivity contribution in [3.05, 3.63) is 68.9 Å². The highest BCUT2D eigenvalue weighted by molar-refractivity contribution is 6.04. The molecule has 0 saturated heterocycles. The van der Waals surface area contributed by atoms with Crippen LogP contribution in [0.25, 0.3) is 21.7 Å². The van der Waals surface area contributed by atoms with Crippen LogP contribution in [-0.4, -0.2) is 40.1 Å². The lowest BCUT2D eigenvalue weighted by Gasteiger charge is -2.08. The van der Waals surface area contributed by atoms with Gasteiger partial charge < -0.3 is 20.4 Å². The van der Waals surface area contributed by atoms with Crippen LogP contribution in [0.1, 0.15) is 17.4 Å². The minimum atomic E-state index is -0.546. The van der Waals surface area contributed by atoms with Gasteiger partial charge in [0.05, 0.1) is 29.6 Å². The van der Waals surface area contributed by atoms with Crippen molar-refractivity contribution in [3.8, 4) is 5.75 Å². The summed E-state index contributed by atoms with van der Waals surface area (Å²) in [7, 11) is 0. The van der Waals surface area contributed by atoms with E-state index < -0.39 is 22.9 Å². The lowest BCUT2D eigenvalue weighted by Crippen LogP contribution is -2.33. The number of aromatic nitrogens is 3. The SMILES string of the molecule is CCOc1ccc2cc(C(=O)NCC(=O)Nc3cccc4c(=O)[nH][nH]c(=O)c34)[nH]c2c1. The standard InChI is InChI=1S/C21H19N5O5/c1-2-31-12-7-6-11-8-16(23-15(11)9-12)20(29)22-10-17(27)24-14-5-3-4-13-18(14)21(30)26-25-19(13)28/h3-9,23H,2,10H2,1H3,(H,22,29)(H,24,27)(H,25,28)(H,26,30). The van der Waals surface area contributed by atoms with Gasteiger partial charge >= 0.3 is 0 Å². The van der Waals surface area contributed by atoms with Crippen LogP contribution in [0.4, 0.5) is 5.69 Å². The van der Waals surface area contributed by atoms with Crippen LogP contribution in [0, 0.1) is 0 Å². The molecule has 0 atom stereocenters. The zero-order valence-corrected chi connectivity index (χ0v) is 16.5. The minimum absolute atomic E-state index is 0.0617. The molecule has 10 nitrogen and oxygen atoms in total. The molecule has 5 N–H and O–H groups in total. The molecule has 2 amide bonds. The molecule has 31 heavy (non-hydrogen) atoms. The minimum Gasteiger partial charge on any atom is -0.494 e. The molecule has 0 aliphatic rings. The molecule has 0 fully saturated rings. The van der Waals surface area contributed by atoms with Crippen molar-refractivity contribution in [1.29, 1.82) is 0 Å². The second kappa shape index (κ2) is 8.19. The van der Waals surface area contributed by atoms with Crippen LogP contribution in [0.5, 0.6) is 5.75 Å². The Morgan fingerprint density at radius 1 is 1.03 bits per heavy atom. The maximum Gasteiger partial charge on any atom is 0.272 e. The third-order valence-electron chi connectivity index (χ3n) is 4.66. The highest BCUT2D eigenvalue weighted by Gasteiger charge is 2.14. The topological polar surface area (TPSA) is 149 Å². The summed E-state index contributed by atoms with van der Waals surface area (Å²) < 4.78 is 5.45. The molecular weight excluding hydrogens is 402 g/mol. The van der Waals surface area contributed by atoms with Gasteiger partial charge in [0, 0.05) is 17.0 Å². The van der Waals surface area contributed by atoms with Crippen molar-refractivity contribution in [1.82, 2.24) is 20.5 Å². The molecule has 0 unspecified atom stereocenters. The summed E-state index contributed by atoms with van der Waals surface area (Å²) >= 11 is 0. The summed E-state index contributed by atoms with van der Waals surface area (Å²) in [5.74, 6) is -0.320. The van der Waals surface area contributed by atoms with Crippen LogP contribution in [0.2, 0.25) is 0 Å². The number of H-pyrrole nitrogens is 3. The number of fused-ring (bicyclic) bond motifs is 2. The monoisotopic (exact) mass is 421 g/mol. The average Bonchev–Trinajstić information content (AvgIpc) is 3.18. The molecule has 0 radical (unpaired) electrons. The van der Waals surface area contributed by atoms with Crippen molar-refractivity contribution in [3.63, 3.8) is 0 Å². The van der Waals surface area contributed by atoms with Gasteiger partial charge in [0.1, 0.15) is 11.4 Å². The Bertz CT molecular complexity index is 1420. The van der Waals surface area contributed by atoms with Crippen molar-refractivity contribution < 1.29 is 14.3 Å². The van der Waals surface area contributed by atoms with E-state index in [0.29, 0.717) is 18.1 Å². The maximum atomic E-state index is 12.4. The molecular formula is C21H19N5O5. The van der Waals surface area contributed by atoms with Gasteiger partial charge in [-0.05, 0) is 37.3 Å². The Morgan fingerprint density at radius 3 is 2.65 bits per heavy atom. The highest BCUT2D eigenvalue weighted by atomic mass is 16.5. The Morgan fingerprint density at radius 2 is 1.84 bits per heavy atom. The number of ether oxygens (including phenoxy) is 1. The lowest BCUT2D eigenvalue weighted by atomic mass is 10.1. The first-order valence-electron chi connectivity index (χ1n) is 9.53. The van der Waals surface area contributed by atoms with E-state index in [0.717, 1.165) is 10.9 Å². The van der Waals surface area contributed by atoms with Crippen LogP contribution < -0.4 is 26.5 Å². The van der Waals surface area contributed by atoms with Crippen molar-refractivity contribution >= 4 is 39.2 Å². The normalized spacial score (nSPS) is 10.9. The predicted molar refractivity (Wildman–Crippen MR) is 116 cm³/mol. The summed E-state index contributed by atoms with van der Waals surface area (Å²) in [5.41, 5.74) is 0.188. The number of amides is 2. The zero-order chi connectivity index (χ0) is 22.0. The van der Waals surface area contributed by atoms with Crippen LogP contribution >= 0.6 is 0 Å². The van der Waals surface area contributed by atoms with E-state index in [1.807, 2.05) is 19.1 Å². The maximum absolute atomic E-state index is 12.4. The van der Waals surface area contributed by atoms with Crippen molar-refractivity contribution in [2.24, 2.45) is 0 Å². The fourth-order valence-electron chi connectivity index (χ4n) is 3.27. The fraction of sp³-hybridized carbons (Fsp3) is 0.143. The van der Waals surface area contributed by atoms with Gasteiger partial charge in [0.25, 0.3) is 17.0 Å². The molecule has 0 spiro atoms. The van der Waals surface area contributed by atoms with Crippen molar-refractivity contribution in [2.75, 3.05) is 18.5 Å². The smallest absolute Gasteiger partial charge is 0.272 e. The first kappa shape index (κ1) is 20.0. The van der Waals surface area contributed by atoms with Crippen molar-refractivity contribution in [2.45, 2.75) is 6.92 Å². The van der Waals surface area contributed by atoms with E-state index in [9.17, 15) is 19.2 Å². The number of benzene rings is 2. The van der Waals surface area contributed by atoms with Gasteiger partial charge in [-0.3, -0.25) is 29.4 Å². The quantitative estimate of drug-likeness (QED) is 0.320. The summed E-state index contributed by atoms with van der Waals surface area (Å²) in [6, 6.07) is 11.6. The van der Waals surface area contributed by atoms with Gasteiger partial charge in [0.2, 0.25) is 5.91 Å². The number of aromatic amines is 3. The average molecular weight is 421 g/mol. The molecule has 0 bridgehead atoms. The van der Waals surface area contributed by atoms with E-state index in [2.05, 4.69) is 25.8 Å². The van der Waals surface area contributed by atoms with Gasteiger partial charge in [-0.25, -0.2) is 0 Å². The van der Waals surface area contributed by atoms with E-state index >= 15 is 0 Å². The molecule has 4 rings (SSSR count). The summed E-state index contributed by atoms with van der Waals surface area (Å²) in [6.45, 7) is 2.09. The molecule has 4 aromatic rings. The van der Waals surface area contributed by atoms with Gasteiger partial charge in [-0.2, -0.15) is 0 Å². The number of hydrogen-bond donors (Lipinski definition) is 5. The molecule has 0 aliphatic carbocycles. The number of nitrogens with one attached hydrogen (secondary N) is 5. The summed E-state index contributed by atoms with van der Waals surface area (Å²) in [4.78, 5) is 51.7. The van der Waals surface area contributed by atoms with E-state index in [1.165, 1.54) is 12.1 Å². The first-order chi connectivity index (χ1) is 15.0. The van der Waals surface area contributed by atoms with Crippen LogP contribution in [-0.2, 0) is 4.79 Å². The molecule has 0 aliphatic heterocycles. The number of hydrogen-bond acceptors (Lipinski definition) is 5. The number of carbonyl (C=O) groups is 2. The Labute approximate surface area is 174 Å².